The molecule has 5 heterocycles. The molecule has 5 rings (SSSR count). The maximum absolute atomic E-state index is 12.6. The number of pyridine rings is 1. The maximum Gasteiger partial charge on any atom is 0.353 e. The van der Waals surface area contributed by atoms with E-state index < -0.39 is 5.97 Å². The number of hydrogen-bond acceptors (Lipinski definition) is 7. The SMILES string of the molecule is O=C(O)C1=CSC2/C(=C\c3cc4c(s3)C(=O)CN(Cc3cccnc3)C4)C(=O)N12. The molecule has 0 radical (unpaired) electrons. The highest BCUT2D eigenvalue weighted by atomic mass is 32.2. The summed E-state index contributed by atoms with van der Waals surface area (Å²) in [5.74, 6) is -1.31. The van der Waals surface area contributed by atoms with Gasteiger partial charge in [-0.05, 0) is 29.3 Å². The normalized spacial score (nSPS) is 22.3. The van der Waals surface area contributed by atoms with E-state index in [0.717, 1.165) is 20.9 Å². The molecule has 0 saturated carbocycles. The molecule has 3 aliphatic heterocycles. The van der Waals surface area contributed by atoms with E-state index >= 15 is 0 Å². The van der Waals surface area contributed by atoms with Gasteiger partial charge in [-0.15, -0.1) is 23.1 Å². The third kappa shape index (κ3) is 3.11. The standard InChI is InChI=1S/C20H15N3O4S2/c24-16-9-22(7-11-2-1-3-21-6-11)8-12-4-13(29-17(12)16)5-14-18(25)23-15(20(26)27)10-28-19(14)23/h1-6,10,19H,7-9H2,(H,26,27)/b14-5-. The second-order valence-corrected chi connectivity index (χ2v) is 9.04. The third-order valence-electron chi connectivity index (χ3n) is 5.02. The van der Waals surface area contributed by atoms with E-state index in [0.29, 0.717) is 25.2 Å². The number of nitrogens with zero attached hydrogens (tertiary/aromatic N) is 3. The van der Waals surface area contributed by atoms with Gasteiger partial charge < -0.3 is 5.11 Å². The largest absolute Gasteiger partial charge is 0.477 e. The number of rotatable bonds is 4. The minimum Gasteiger partial charge on any atom is -0.477 e. The van der Waals surface area contributed by atoms with Crippen molar-refractivity contribution in [3.63, 3.8) is 0 Å². The molecule has 146 valence electrons. The van der Waals surface area contributed by atoms with E-state index in [1.165, 1.54) is 33.4 Å². The van der Waals surface area contributed by atoms with Crippen LogP contribution in [0.25, 0.3) is 6.08 Å². The van der Waals surface area contributed by atoms with Crippen molar-refractivity contribution in [1.29, 1.82) is 0 Å². The van der Waals surface area contributed by atoms with Gasteiger partial charge >= 0.3 is 5.97 Å². The van der Waals surface area contributed by atoms with Crippen LogP contribution < -0.4 is 0 Å². The van der Waals surface area contributed by atoms with Gasteiger partial charge in [0.2, 0.25) is 0 Å². The van der Waals surface area contributed by atoms with Crippen LogP contribution in [0.4, 0.5) is 0 Å². The van der Waals surface area contributed by atoms with Crippen LogP contribution >= 0.6 is 23.1 Å². The van der Waals surface area contributed by atoms with Crippen LogP contribution in [0.2, 0.25) is 0 Å². The lowest BCUT2D eigenvalue weighted by molar-refractivity contribution is -0.141. The Hall–Kier alpha value is -2.75. The van der Waals surface area contributed by atoms with E-state index in [4.69, 9.17) is 5.11 Å². The van der Waals surface area contributed by atoms with E-state index in [9.17, 15) is 14.4 Å². The number of β-lactam (4-membered cyclic amide) rings is 1. The molecular formula is C20H15N3O4S2. The first-order valence-corrected chi connectivity index (χ1v) is 10.7. The van der Waals surface area contributed by atoms with Crippen LogP contribution in [-0.4, -0.2) is 49.5 Å². The average molecular weight is 425 g/mol. The van der Waals surface area contributed by atoms with Crippen molar-refractivity contribution in [3.8, 4) is 0 Å². The molecule has 1 amide bonds. The van der Waals surface area contributed by atoms with Gasteiger partial charge in [-0.2, -0.15) is 0 Å². The van der Waals surface area contributed by atoms with Gasteiger partial charge in [-0.3, -0.25) is 24.4 Å². The van der Waals surface area contributed by atoms with Crippen molar-refractivity contribution < 1.29 is 19.5 Å². The summed E-state index contributed by atoms with van der Waals surface area (Å²) in [5.41, 5.74) is 2.62. The number of aliphatic carboxylic acids is 1. The molecule has 0 aliphatic carbocycles. The van der Waals surface area contributed by atoms with Gasteiger partial charge in [-0.1, -0.05) is 6.07 Å². The Morgan fingerprint density at radius 3 is 2.97 bits per heavy atom. The number of carboxylic acid groups (broad SMARTS) is 1. The van der Waals surface area contributed by atoms with Crippen molar-refractivity contribution in [2.24, 2.45) is 0 Å². The number of aromatic nitrogens is 1. The number of carbonyl (C=O) groups is 3. The number of thioether (sulfide) groups is 1. The zero-order valence-corrected chi connectivity index (χ0v) is 16.7. The summed E-state index contributed by atoms with van der Waals surface area (Å²) in [6, 6.07) is 5.83. The minimum atomic E-state index is -1.10. The molecule has 29 heavy (non-hydrogen) atoms. The monoisotopic (exact) mass is 425 g/mol. The summed E-state index contributed by atoms with van der Waals surface area (Å²) in [5, 5.41) is 10.4. The first-order valence-electron chi connectivity index (χ1n) is 8.92. The van der Waals surface area contributed by atoms with Gasteiger partial charge in [0.15, 0.2) is 5.78 Å². The molecule has 0 spiro atoms. The number of Topliss-reactive ketones (excluding diaryl/α,β-unsaturated/α-hetero) is 1. The molecular weight excluding hydrogens is 410 g/mol. The molecule has 2 aromatic heterocycles. The van der Waals surface area contributed by atoms with Crippen molar-refractivity contribution in [3.05, 3.63) is 68.2 Å². The van der Waals surface area contributed by atoms with Crippen molar-refractivity contribution in [2.45, 2.75) is 18.5 Å². The molecule has 1 unspecified atom stereocenters. The number of carbonyl (C=O) groups excluding carboxylic acids is 2. The van der Waals surface area contributed by atoms with Gasteiger partial charge in [0.25, 0.3) is 5.91 Å². The summed E-state index contributed by atoms with van der Waals surface area (Å²) < 4.78 is 0. The molecule has 1 N–H and O–H groups in total. The number of amides is 1. The summed E-state index contributed by atoms with van der Waals surface area (Å²) in [4.78, 5) is 45.3. The third-order valence-corrected chi connectivity index (χ3v) is 7.27. The molecule has 0 aromatic carbocycles. The van der Waals surface area contributed by atoms with Crippen molar-refractivity contribution in [2.75, 3.05) is 6.54 Å². The molecule has 2 aromatic rings. The topological polar surface area (TPSA) is 90.8 Å². The average Bonchev–Trinajstić information content (AvgIpc) is 3.29. The lowest BCUT2D eigenvalue weighted by Gasteiger charge is -2.37. The van der Waals surface area contributed by atoms with E-state index in [-0.39, 0.29) is 22.8 Å². The fourth-order valence-electron chi connectivity index (χ4n) is 3.73. The van der Waals surface area contributed by atoms with Crippen LogP contribution in [0.1, 0.15) is 25.7 Å². The molecule has 9 heteroatoms. The highest BCUT2D eigenvalue weighted by Crippen LogP contribution is 2.45. The summed E-state index contributed by atoms with van der Waals surface area (Å²) in [6.07, 6.45) is 5.31. The minimum absolute atomic E-state index is 0.0221. The Labute approximate surface area is 174 Å². The van der Waals surface area contributed by atoms with Gasteiger partial charge in [0.05, 0.1) is 17.0 Å². The fourth-order valence-corrected chi connectivity index (χ4v) is 5.90. The quantitative estimate of drug-likeness (QED) is 0.595. The molecule has 1 fully saturated rings. The second kappa shape index (κ2) is 6.94. The van der Waals surface area contributed by atoms with Crippen molar-refractivity contribution in [1.82, 2.24) is 14.8 Å². The Bertz CT molecular complexity index is 1110. The zero-order valence-electron chi connectivity index (χ0n) is 15.1. The summed E-state index contributed by atoms with van der Waals surface area (Å²) in [6.45, 7) is 1.68. The molecule has 0 bridgehead atoms. The maximum atomic E-state index is 12.6. The lowest BCUT2D eigenvalue weighted by Crippen LogP contribution is -2.51. The number of carboxylic acids is 1. The van der Waals surface area contributed by atoms with E-state index in [1.54, 1.807) is 18.5 Å². The molecule has 3 aliphatic rings. The van der Waals surface area contributed by atoms with E-state index in [2.05, 4.69) is 9.88 Å². The van der Waals surface area contributed by atoms with E-state index in [1.807, 2.05) is 18.2 Å². The Morgan fingerprint density at radius 1 is 1.34 bits per heavy atom. The zero-order chi connectivity index (χ0) is 20.1. The van der Waals surface area contributed by atoms with Gasteiger partial charge in [0, 0.05) is 35.8 Å². The second-order valence-electron chi connectivity index (χ2n) is 7.00. The van der Waals surface area contributed by atoms with Crippen molar-refractivity contribution >= 4 is 46.8 Å². The molecule has 1 saturated heterocycles. The smallest absolute Gasteiger partial charge is 0.353 e. The number of ketones is 1. The first kappa shape index (κ1) is 18.3. The highest BCUT2D eigenvalue weighted by molar-refractivity contribution is 8.03. The summed E-state index contributed by atoms with van der Waals surface area (Å²) >= 11 is 2.71. The Morgan fingerprint density at radius 2 is 2.21 bits per heavy atom. The molecule has 7 nitrogen and oxygen atoms in total. The Kier molecular flexibility index (Phi) is 4.38. The summed E-state index contributed by atoms with van der Waals surface area (Å²) in [7, 11) is 0. The highest BCUT2D eigenvalue weighted by Gasteiger charge is 2.49. The van der Waals surface area contributed by atoms with Gasteiger partial charge in [0.1, 0.15) is 11.1 Å². The van der Waals surface area contributed by atoms with Crippen LogP contribution in [0, 0.1) is 0 Å². The lowest BCUT2D eigenvalue weighted by atomic mass is 10.0. The molecule has 1 atom stereocenters. The predicted octanol–water partition coefficient (Wildman–Crippen LogP) is 2.57. The number of fused-ring (bicyclic) bond motifs is 2. The van der Waals surface area contributed by atoms with Crippen LogP contribution in [0.15, 0.2) is 47.3 Å². The van der Waals surface area contributed by atoms with Crippen LogP contribution in [0.5, 0.6) is 0 Å². The van der Waals surface area contributed by atoms with Gasteiger partial charge in [-0.25, -0.2) is 4.79 Å². The predicted molar refractivity (Wildman–Crippen MR) is 109 cm³/mol. The Balaban J connectivity index is 1.35. The number of thiophene rings is 1. The van der Waals surface area contributed by atoms with Crippen LogP contribution in [0.3, 0.4) is 0 Å². The first-order chi connectivity index (χ1) is 14.0. The fraction of sp³-hybridized carbons (Fsp3) is 0.200. The van der Waals surface area contributed by atoms with Crippen LogP contribution in [-0.2, 0) is 22.7 Å². The number of hydrogen-bond donors (Lipinski definition) is 1.